The molecular weight excluding hydrogens is 112 g/mol. The van der Waals surface area contributed by atoms with Crippen molar-refractivity contribution in [1.82, 2.24) is 0 Å². The van der Waals surface area contributed by atoms with Crippen LogP contribution in [-0.2, 0) is 0 Å². The summed E-state index contributed by atoms with van der Waals surface area (Å²) in [5.41, 5.74) is 7.43. The number of rotatable bonds is 2. The highest BCUT2D eigenvalue weighted by Gasteiger charge is 2.36. The zero-order valence-electron chi connectivity index (χ0n) is 5.86. The molecule has 0 amide bonds. The Morgan fingerprint density at radius 3 is 2.44 bits per heavy atom. The monoisotopic (exact) mass is 124 g/mol. The van der Waals surface area contributed by atoms with Crippen LogP contribution in [0.5, 0.6) is 0 Å². The molecule has 1 rings (SSSR count). The van der Waals surface area contributed by atoms with Crippen molar-refractivity contribution in [3.63, 3.8) is 0 Å². The molecule has 0 heterocycles. The summed E-state index contributed by atoms with van der Waals surface area (Å²) < 4.78 is 0. The third-order valence-corrected chi connectivity index (χ3v) is 1.68. The third-order valence-electron chi connectivity index (χ3n) is 1.68. The van der Waals surface area contributed by atoms with Crippen molar-refractivity contribution in [2.75, 3.05) is 0 Å². The second kappa shape index (κ2) is 1.67. The first-order chi connectivity index (χ1) is 4.04. The standard InChI is InChI=1S/C7H12N2/c1-5-3-7(5,9)4-6(2)8/h3,8H,4,9H2,1-2H3. The number of hydrogen-bond acceptors (Lipinski definition) is 2. The molecule has 1 aliphatic rings. The van der Waals surface area contributed by atoms with Crippen molar-refractivity contribution in [3.8, 4) is 0 Å². The van der Waals surface area contributed by atoms with Crippen LogP contribution in [0.3, 0.4) is 0 Å². The molecule has 0 aromatic carbocycles. The number of nitrogens with one attached hydrogen (secondary N) is 1. The van der Waals surface area contributed by atoms with E-state index in [0.717, 1.165) is 0 Å². The Hall–Kier alpha value is -0.630. The Labute approximate surface area is 55.3 Å². The van der Waals surface area contributed by atoms with Crippen LogP contribution in [0, 0.1) is 5.41 Å². The Morgan fingerprint density at radius 1 is 1.89 bits per heavy atom. The summed E-state index contributed by atoms with van der Waals surface area (Å²) in [5, 5.41) is 7.17. The normalized spacial score (nSPS) is 31.7. The van der Waals surface area contributed by atoms with E-state index in [-0.39, 0.29) is 5.54 Å². The van der Waals surface area contributed by atoms with Crippen LogP contribution in [-0.4, -0.2) is 11.3 Å². The quantitative estimate of drug-likeness (QED) is 0.420. The number of nitrogens with two attached hydrogens (primary N) is 1. The fourth-order valence-electron chi connectivity index (χ4n) is 0.979. The first-order valence-electron chi connectivity index (χ1n) is 3.07. The van der Waals surface area contributed by atoms with Gasteiger partial charge in [0.2, 0.25) is 0 Å². The largest absolute Gasteiger partial charge is 0.318 e. The molecule has 2 nitrogen and oxygen atoms in total. The van der Waals surface area contributed by atoms with Gasteiger partial charge in [0, 0.05) is 12.1 Å². The van der Waals surface area contributed by atoms with Crippen molar-refractivity contribution in [3.05, 3.63) is 11.6 Å². The van der Waals surface area contributed by atoms with E-state index in [9.17, 15) is 0 Å². The predicted octanol–water partition coefficient (Wildman–Crippen LogP) is 1.07. The van der Waals surface area contributed by atoms with E-state index in [1.165, 1.54) is 5.57 Å². The molecule has 1 unspecified atom stereocenters. The van der Waals surface area contributed by atoms with Gasteiger partial charge in [-0.05, 0) is 13.8 Å². The van der Waals surface area contributed by atoms with E-state index >= 15 is 0 Å². The van der Waals surface area contributed by atoms with Crippen molar-refractivity contribution < 1.29 is 0 Å². The molecular formula is C7H12N2. The Balaban J connectivity index is 2.40. The van der Waals surface area contributed by atoms with Gasteiger partial charge in [0.05, 0.1) is 5.54 Å². The summed E-state index contributed by atoms with van der Waals surface area (Å²) in [6, 6.07) is 0. The van der Waals surface area contributed by atoms with Gasteiger partial charge in [0.25, 0.3) is 0 Å². The summed E-state index contributed by atoms with van der Waals surface area (Å²) >= 11 is 0. The number of hydrogen-bond donors (Lipinski definition) is 2. The lowest BCUT2D eigenvalue weighted by Crippen LogP contribution is -2.28. The van der Waals surface area contributed by atoms with E-state index < -0.39 is 0 Å². The van der Waals surface area contributed by atoms with Crippen molar-refractivity contribution in [2.45, 2.75) is 25.8 Å². The molecule has 1 aliphatic carbocycles. The molecule has 0 saturated heterocycles. The van der Waals surface area contributed by atoms with Crippen LogP contribution in [0.25, 0.3) is 0 Å². The molecule has 50 valence electrons. The summed E-state index contributed by atoms with van der Waals surface area (Å²) in [6.45, 7) is 3.79. The highest BCUT2D eigenvalue weighted by atomic mass is 14.8. The second-order valence-corrected chi connectivity index (χ2v) is 2.82. The Bertz CT molecular complexity index is 181. The Morgan fingerprint density at radius 2 is 2.33 bits per heavy atom. The van der Waals surface area contributed by atoms with E-state index in [0.29, 0.717) is 12.1 Å². The van der Waals surface area contributed by atoms with Gasteiger partial charge in [-0.1, -0.05) is 11.6 Å². The highest BCUT2D eigenvalue weighted by Crippen LogP contribution is 2.33. The molecule has 2 heteroatoms. The summed E-state index contributed by atoms with van der Waals surface area (Å²) in [6.07, 6.45) is 2.70. The van der Waals surface area contributed by atoms with Gasteiger partial charge in [0.1, 0.15) is 0 Å². The predicted molar refractivity (Wildman–Crippen MR) is 38.7 cm³/mol. The lowest BCUT2D eigenvalue weighted by atomic mass is 10.1. The molecule has 0 aromatic rings. The van der Waals surface area contributed by atoms with Crippen LogP contribution >= 0.6 is 0 Å². The first kappa shape index (κ1) is 6.49. The van der Waals surface area contributed by atoms with E-state index in [2.05, 4.69) is 0 Å². The van der Waals surface area contributed by atoms with Gasteiger partial charge in [0.15, 0.2) is 0 Å². The topological polar surface area (TPSA) is 49.9 Å². The fourth-order valence-corrected chi connectivity index (χ4v) is 0.979. The van der Waals surface area contributed by atoms with Crippen molar-refractivity contribution in [1.29, 1.82) is 5.41 Å². The molecule has 9 heavy (non-hydrogen) atoms. The molecule has 0 radical (unpaired) electrons. The molecule has 1 atom stereocenters. The maximum atomic E-state index is 7.17. The van der Waals surface area contributed by atoms with E-state index in [1.54, 1.807) is 6.92 Å². The average molecular weight is 124 g/mol. The summed E-state index contributed by atoms with van der Waals surface area (Å²) in [4.78, 5) is 0. The molecule has 0 bridgehead atoms. The van der Waals surface area contributed by atoms with E-state index in [1.807, 2.05) is 13.0 Å². The molecule has 0 spiro atoms. The maximum Gasteiger partial charge on any atom is 0.0608 e. The van der Waals surface area contributed by atoms with Crippen LogP contribution in [0.15, 0.2) is 11.6 Å². The van der Waals surface area contributed by atoms with Gasteiger partial charge in [-0.3, -0.25) is 0 Å². The van der Waals surface area contributed by atoms with Crippen LogP contribution < -0.4 is 5.73 Å². The summed E-state index contributed by atoms with van der Waals surface area (Å²) in [5.74, 6) is 0. The fraction of sp³-hybridized carbons (Fsp3) is 0.571. The summed E-state index contributed by atoms with van der Waals surface area (Å²) in [7, 11) is 0. The van der Waals surface area contributed by atoms with Gasteiger partial charge < -0.3 is 11.1 Å². The smallest absolute Gasteiger partial charge is 0.0608 e. The molecule has 0 aromatic heterocycles. The zero-order chi connectivity index (χ0) is 7.07. The van der Waals surface area contributed by atoms with Crippen molar-refractivity contribution in [2.24, 2.45) is 5.73 Å². The average Bonchev–Trinajstić information content (AvgIpc) is 2.10. The minimum absolute atomic E-state index is 0.203. The van der Waals surface area contributed by atoms with Gasteiger partial charge in [-0.2, -0.15) is 0 Å². The third kappa shape index (κ3) is 1.19. The van der Waals surface area contributed by atoms with Crippen LogP contribution in [0.1, 0.15) is 20.3 Å². The lowest BCUT2D eigenvalue weighted by molar-refractivity contribution is 0.746. The van der Waals surface area contributed by atoms with Gasteiger partial charge in [-0.25, -0.2) is 0 Å². The van der Waals surface area contributed by atoms with Crippen molar-refractivity contribution >= 4 is 5.71 Å². The van der Waals surface area contributed by atoms with Crippen LogP contribution in [0.2, 0.25) is 0 Å². The van der Waals surface area contributed by atoms with E-state index in [4.69, 9.17) is 11.1 Å². The van der Waals surface area contributed by atoms with Crippen LogP contribution in [0.4, 0.5) is 0 Å². The van der Waals surface area contributed by atoms with Gasteiger partial charge in [-0.15, -0.1) is 0 Å². The Kier molecular flexibility index (Phi) is 1.21. The second-order valence-electron chi connectivity index (χ2n) is 2.82. The highest BCUT2D eigenvalue weighted by molar-refractivity contribution is 5.82. The minimum Gasteiger partial charge on any atom is -0.318 e. The lowest BCUT2D eigenvalue weighted by Gasteiger charge is -2.08. The minimum atomic E-state index is -0.203. The van der Waals surface area contributed by atoms with Gasteiger partial charge >= 0.3 is 0 Å². The zero-order valence-corrected chi connectivity index (χ0v) is 5.86. The molecule has 0 fully saturated rings. The molecule has 0 saturated carbocycles. The molecule has 0 aliphatic heterocycles. The first-order valence-corrected chi connectivity index (χ1v) is 3.07. The molecule has 3 N–H and O–H groups in total. The SMILES string of the molecule is CC(=N)CC1(N)C=C1C. The maximum absolute atomic E-state index is 7.17.